The van der Waals surface area contributed by atoms with Crippen LogP contribution in [0.2, 0.25) is 0 Å². The van der Waals surface area contributed by atoms with Gasteiger partial charge >= 0.3 is 0 Å². The number of aromatic nitrogens is 1. The molecule has 0 spiro atoms. The van der Waals surface area contributed by atoms with Gasteiger partial charge in [-0.3, -0.25) is 9.79 Å². The fraction of sp³-hybridized carbons (Fsp3) is 0.458. The normalized spacial score (nSPS) is 20.0. The number of guanidine groups is 1. The number of halogens is 1. The zero-order valence-electron chi connectivity index (χ0n) is 18.5. The van der Waals surface area contributed by atoms with Crippen molar-refractivity contribution in [3.05, 3.63) is 59.5 Å². The monoisotopic (exact) mass is 438 g/mol. The Hall–Kier alpha value is -3.16. The standard InChI is InChI=1S/C24H31FN6O/c1-27-23(30-16-24(9-10-24)19-7-2-8-20(25)13-19)29-14-17-5-3-11-28-22(17)31-12-4-6-18(15-31)21(26)32/h2-3,5,7-8,11,13,18H,4,6,9-10,12,14-16H2,1H3,(H2,26,32)(H2,27,29,30). The first-order valence-corrected chi connectivity index (χ1v) is 11.2. The highest BCUT2D eigenvalue weighted by Gasteiger charge is 2.44. The maximum atomic E-state index is 13.7. The van der Waals surface area contributed by atoms with Crippen LogP contribution in [0.25, 0.3) is 0 Å². The Bertz CT molecular complexity index is 990. The van der Waals surface area contributed by atoms with Crippen molar-refractivity contribution in [3.8, 4) is 0 Å². The van der Waals surface area contributed by atoms with Crippen LogP contribution in [0.1, 0.15) is 36.8 Å². The number of rotatable bonds is 7. The van der Waals surface area contributed by atoms with E-state index in [0.717, 1.165) is 49.2 Å². The van der Waals surface area contributed by atoms with Gasteiger partial charge in [-0.1, -0.05) is 18.2 Å². The Morgan fingerprint density at radius 3 is 2.88 bits per heavy atom. The molecule has 0 bridgehead atoms. The SMILES string of the molecule is CN=C(NCc1cccnc1N1CCCC(C(N)=O)C1)NCC1(c2cccc(F)c2)CC1. The molecule has 1 aromatic heterocycles. The van der Waals surface area contributed by atoms with Crippen molar-refractivity contribution in [2.45, 2.75) is 37.6 Å². The Morgan fingerprint density at radius 2 is 2.16 bits per heavy atom. The smallest absolute Gasteiger partial charge is 0.222 e. The molecule has 4 rings (SSSR count). The highest BCUT2D eigenvalue weighted by atomic mass is 19.1. The molecule has 1 aliphatic heterocycles. The second kappa shape index (κ2) is 9.54. The van der Waals surface area contributed by atoms with Crippen LogP contribution in [0.5, 0.6) is 0 Å². The summed E-state index contributed by atoms with van der Waals surface area (Å²) in [4.78, 5) is 22.7. The number of aliphatic imine (C=N–C) groups is 1. The fourth-order valence-corrected chi connectivity index (χ4v) is 4.44. The number of pyridine rings is 1. The minimum Gasteiger partial charge on any atom is -0.369 e. The predicted molar refractivity (Wildman–Crippen MR) is 124 cm³/mol. The van der Waals surface area contributed by atoms with Crippen LogP contribution in [0.3, 0.4) is 0 Å². The van der Waals surface area contributed by atoms with Gasteiger partial charge in [0.05, 0.1) is 5.92 Å². The Balaban J connectivity index is 1.37. The minimum atomic E-state index is -0.248. The fourth-order valence-electron chi connectivity index (χ4n) is 4.44. The van der Waals surface area contributed by atoms with E-state index in [1.165, 1.54) is 6.07 Å². The number of carbonyl (C=O) groups is 1. The molecule has 2 fully saturated rings. The molecule has 2 heterocycles. The highest BCUT2D eigenvalue weighted by molar-refractivity contribution is 5.80. The zero-order valence-corrected chi connectivity index (χ0v) is 18.5. The summed E-state index contributed by atoms with van der Waals surface area (Å²) in [5, 5.41) is 6.77. The number of anilines is 1. The molecule has 4 N–H and O–H groups in total. The second-order valence-corrected chi connectivity index (χ2v) is 8.74. The maximum Gasteiger partial charge on any atom is 0.222 e. The minimum absolute atomic E-state index is 0.0310. The quantitative estimate of drug-likeness (QED) is 0.456. The molecule has 2 aliphatic rings. The van der Waals surface area contributed by atoms with Crippen LogP contribution in [0, 0.1) is 11.7 Å². The van der Waals surface area contributed by atoms with Crippen molar-refractivity contribution in [3.63, 3.8) is 0 Å². The third kappa shape index (κ3) is 5.00. The number of benzene rings is 1. The number of hydrogen-bond acceptors (Lipinski definition) is 4. The van der Waals surface area contributed by atoms with E-state index >= 15 is 0 Å². The summed E-state index contributed by atoms with van der Waals surface area (Å²) in [6.07, 6.45) is 5.58. The van der Waals surface area contributed by atoms with Gasteiger partial charge in [0.1, 0.15) is 11.6 Å². The van der Waals surface area contributed by atoms with Gasteiger partial charge in [0.15, 0.2) is 5.96 Å². The largest absolute Gasteiger partial charge is 0.369 e. The summed E-state index contributed by atoms with van der Waals surface area (Å²) >= 11 is 0. The second-order valence-electron chi connectivity index (χ2n) is 8.74. The molecular weight excluding hydrogens is 407 g/mol. The third-order valence-corrected chi connectivity index (χ3v) is 6.55. The number of carbonyl (C=O) groups excluding carboxylic acids is 1. The molecule has 1 unspecified atom stereocenters. The summed E-state index contributed by atoms with van der Waals surface area (Å²) in [6, 6.07) is 10.8. The number of hydrogen-bond donors (Lipinski definition) is 3. The molecule has 1 saturated carbocycles. The molecule has 2 aromatic rings. The van der Waals surface area contributed by atoms with Gasteiger partial charge in [-0.25, -0.2) is 9.37 Å². The van der Waals surface area contributed by atoms with Crippen LogP contribution >= 0.6 is 0 Å². The summed E-state index contributed by atoms with van der Waals surface area (Å²) in [5.41, 5.74) is 7.58. The Morgan fingerprint density at radius 1 is 1.31 bits per heavy atom. The van der Waals surface area contributed by atoms with Gasteiger partial charge in [0.2, 0.25) is 5.91 Å². The van der Waals surface area contributed by atoms with Gasteiger partial charge in [0.25, 0.3) is 0 Å². The lowest BCUT2D eigenvalue weighted by Gasteiger charge is -2.33. The van der Waals surface area contributed by atoms with Crippen molar-refractivity contribution in [1.29, 1.82) is 0 Å². The van der Waals surface area contributed by atoms with Crippen LogP contribution in [0.4, 0.5) is 10.2 Å². The lowest BCUT2D eigenvalue weighted by molar-refractivity contribution is -0.122. The highest BCUT2D eigenvalue weighted by Crippen LogP contribution is 2.47. The Kier molecular flexibility index (Phi) is 6.58. The van der Waals surface area contributed by atoms with Crippen LogP contribution in [0.15, 0.2) is 47.6 Å². The summed E-state index contributed by atoms with van der Waals surface area (Å²) in [5.74, 6) is 0.980. The summed E-state index contributed by atoms with van der Waals surface area (Å²) in [7, 11) is 1.74. The number of nitrogens with zero attached hydrogens (tertiary/aromatic N) is 3. The van der Waals surface area contributed by atoms with E-state index in [1.807, 2.05) is 18.2 Å². The van der Waals surface area contributed by atoms with Gasteiger partial charge in [-0.05, 0) is 49.4 Å². The molecule has 0 radical (unpaired) electrons. The van der Waals surface area contributed by atoms with E-state index in [4.69, 9.17) is 5.73 Å². The first kappa shape index (κ1) is 22.0. The first-order chi connectivity index (χ1) is 15.5. The predicted octanol–water partition coefficient (Wildman–Crippen LogP) is 2.32. The maximum absolute atomic E-state index is 13.7. The van der Waals surface area contributed by atoms with Crippen molar-refractivity contribution in [2.75, 3.05) is 31.6 Å². The average Bonchev–Trinajstić information content (AvgIpc) is 3.61. The topological polar surface area (TPSA) is 95.6 Å². The number of nitrogens with one attached hydrogen (secondary N) is 2. The molecule has 170 valence electrons. The molecule has 32 heavy (non-hydrogen) atoms. The number of amides is 1. The summed E-state index contributed by atoms with van der Waals surface area (Å²) in [6.45, 7) is 2.70. The van der Waals surface area contributed by atoms with Gasteiger partial charge in [0, 0.05) is 50.4 Å². The van der Waals surface area contributed by atoms with E-state index < -0.39 is 0 Å². The van der Waals surface area contributed by atoms with Crippen molar-refractivity contribution >= 4 is 17.7 Å². The Labute approximate surface area is 188 Å². The van der Waals surface area contributed by atoms with E-state index in [-0.39, 0.29) is 23.1 Å². The van der Waals surface area contributed by atoms with E-state index in [1.54, 1.807) is 25.4 Å². The van der Waals surface area contributed by atoms with Crippen LogP contribution in [-0.2, 0) is 16.8 Å². The van der Waals surface area contributed by atoms with Gasteiger partial charge < -0.3 is 21.3 Å². The zero-order chi connectivity index (χ0) is 22.6. The molecule has 1 aliphatic carbocycles. The molecular formula is C24H31FN6O. The van der Waals surface area contributed by atoms with E-state index in [0.29, 0.717) is 25.6 Å². The molecule has 8 heteroatoms. The molecule has 7 nitrogen and oxygen atoms in total. The van der Waals surface area contributed by atoms with Crippen molar-refractivity contribution in [1.82, 2.24) is 15.6 Å². The van der Waals surface area contributed by atoms with Crippen LogP contribution < -0.4 is 21.3 Å². The van der Waals surface area contributed by atoms with Crippen molar-refractivity contribution < 1.29 is 9.18 Å². The molecule has 1 amide bonds. The third-order valence-electron chi connectivity index (χ3n) is 6.55. The summed E-state index contributed by atoms with van der Waals surface area (Å²) < 4.78 is 13.7. The van der Waals surface area contributed by atoms with Crippen molar-refractivity contribution in [2.24, 2.45) is 16.6 Å². The average molecular weight is 439 g/mol. The van der Waals surface area contributed by atoms with Crippen LogP contribution in [-0.4, -0.2) is 43.5 Å². The first-order valence-electron chi connectivity index (χ1n) is 11.2. The molecule has 1 atom stereocenters. The van der Waals surface area contributed by atoms with Gasteiger partial charge in [-0.2, -0.15) is 0 Å². The van der Waals surface area contributed by atoms with Gasteiger partial charge in [-0.15, -0.1) is 0 Å². The lowest BCUT2D eigenvalue weighted by Crippen LogP contribution is -2.43. The van der Waals surface area contributed by atoms with E-state index in [9.17, 15) is 9.18 Å². The lowest BCUT2D eigenvalue weighted by atomic mass is 9.96. The molecule has 1 saturated heterocycles. The number of piperidine rings is 1. The number of primary amides is 1. The number of nitrogens with two attached hydrogens (primary N) is 1. The van der Waals surface area contributed by atoms with E-state index in [2.05, 4.69) is 25.5 Å². The molecule has 1 aromatic carbocycles.